The van der Waals surface area contributed by atoms with Gasteiger partial charge in [-0.1, -0.05) is 6.07 Å². The molecule has 116 valence electrons. The van der Waals surface area contributed by atoms with Crippen LogP contribution in [0.1, 0.15) is 15.9 Å². The number of aromatic amines is 1. The summed E-state index contributed by atoms with van der Waals surface area (Å²) in [5, 5.41) is 7.44. The number of H-pyrrole nitrogens is 1. The number of pyridine rings is 1. The van der Waals surface area contributed by atoms with Crippen molar-refractivity contribution in [2.75, 3.05) is 5.32 Å². The van der Waals surface area contributed by atoms with E-state index in [-0.39, 0.29) is 11.7 Å². The zero-order chi connectivity index (χ0) is 16.7. The average Bonchev–Trinajstić information content (AvgIpc) is 2.84. The predicted molar refractivity (Wildman–Crippen MR) is 94.2 cm³/mol. The summed E-state index contributed by atoms with van der Waals surface area (Å²) in [7, 11) is 1.42. The van der Waals surface area contributed by atoms with Crippen LogP contribution >= 0.6 is 0 Å². The van der Waals surface area contributed by atoms with Gasteiger partial charge in [0.2, 0.25) is 7.85 Å². The number of amides is 2. The van der Waals surface area contributed by atoms with Crippen LogP contribution in [0, 0.1) is 0 Å². The van der Waals surface area contributed by atoms with E-state index >= 15 is 0 Å². The number of hydrogen-bond donors (Lipinski definition) is 3. The Morgan fingerprint density at radius 3 is 2.88 bits per heavy atom. The standard InChI is InChI=1S/C16H12BN5O2/c17-16(24)20-8-5-9-13-10(7-19-22-15(9)23)14(21-12(13)6-8)11-3-1-2-4-18-11/h1-7,21H,17H2,(H,20,24)(H,22,23). The molecule has 0 radical (unpaired) electrons. The first-order valence-electron chi connectivity index (χ1n) is 7.35. The second-order valence-electron chi connectivity index (χ2n) is 5.46. The molecule has 3 N–H and O–H groups in total. The number of carbonyl (C=O) groups is 2. The maximum atomic E-state index is 12.3. The van der Waals surface area contributed by atoms with E-state index in [9.17, 15) is 9.59 Å². The van der Waals surface area contributed by atoms with Crippen LogP contribution in [0.4, 0.5) is 10.5 Å². The van der Waals surface area contributed by atoms with Crippen LogP contribution in [-0.4, -0.2) is 35.7 Å². The molecule has 1 aliphatic rings. The molecule has 0 saturated carbocycles. The number of aromatic nitrogens is 2. The van der Waals surface area contributed by atoms with Crippen molar-refractivity contribution in [3.05, 3.63) is 47.7 Å². The Labute approximate surface area is 137 Å². The molecule has 24 heavy (non-hydrogen) atoms. The van der Waals surface area contributed by atoms with E-state index < -0.39 is 0 Å². The second kappa shape index (κ2) is 5.34. The van der Waals surface area contributed by atoms with Gasteiger partial charge in [-0.05, 0) is 24.3 Å². The van der Waals surface area contributed by atoms with Gasteiger partial charge in [0.05, 0.1) is 23.2 Å². The van der Waals surface area contributed by atoms with Gasteiger partial charge in [-0.25, -0.2) is 5.43 Å². The molecule has 0 spiro atoms. The van der Waals surface area contributed by atoms with Crippen molar-refractivity contribution >= 4 is 42.4 Å². The van der Waals surface area contributed by atoms with Gasteiger partial charge in [0.1, 0.15) is 0 Å². The van der Waals surface area contributed by atoms with E-state index in [1.54, 1.807) is 24.5 Å². The summed E-state index contributed by atoms with van der Waals surface area (Å²) in [4.78, 5) is 31.3. The lowest BCUT2D eigenvalue weighted by Crippen LogP contribution is -2.17. The fourth-order valence-corrected chi connectivity index (χ4v) is 2.87. The van der Waals surface area contributed by atoms with E-state index in [0.29, 0.717) is 11.3 Å². The number of hydrogen-bond acceptors (Lipinski definition) is 4. The summed E-state index contributed by atoms with van der Waals surface area (Å²) in [5.41, 5.74) is 6.50. The minimum absolute atomic E-state index is 0.205. The first kappa shape index (κ1) is 14.2. The SMILES string of the molecule is BC(=O)Nc1cc2c3c(c(-c4ccccn4)[nH]c3c1)C=NNC2=O. The number of hydrazone groups is 1. The van der Waals surface area contributed by atoms with Crippen molar-refractivity contribution in [3.8, 4) is 11.4 Å². The Kier molecular flexibility index (Phi) is 3.16. The molecule has 1 aromatic carbocycles. The van der Waals surface area contributed by atoms with Gasteiger partial charge in [-0.15, -0.1) is 0 Å². The van der Waals surface area contributed by atoms with Crippen LogP contribution in [0.3, 0.4) is 0 Å². The van der Waals surface area contributed by atoms with E-state index in [0.717, 1.165) is 27.9 Å². The Morgan fingerprint density at radius 2 is 2.12 bits per heavy atom. The number of nitrogens with one attached hydrogen (secondary N) is 3. The minimum atomic E-state index is -0.325. The maximum Gasteiger partial charge on any atom is 0.272 e. The van der Waals surface area contributed by atoms with Crippen molar-refractivity contribution in [1.29, 1.82) is 0 Å². The summed E-state index contributed by atoms with van der Waals surface area (Å²) < 4.78 is 0. The van der Waals surface area contributed by atoms with Crippen molar-refractivity contribution < 1.29 is 9.59 Å². The predicted octanol–water partition coefficient (Wildman–Crippen LogP) is 1.47. The smallest absolute Gasteiger partial charge is 0.272 e. The van der Waals surface area contributed by atoms with E-state index in [1.807, 2.05) is 18.2 Å². The second-order valence-corrected chi connectivity index (χ2v) is 5.46. The number of rotatable bonds is 2. The van der Waals surface area contributed by atoms with Gasteiger partial charge >= 0.3 is 0 Å². The molecule has 0 saturated heterocycles. The van der Waals surface area contributed by atoms with Crippen LogP contribution in [0.5, 0.6) is 0 Å². The van der Waals surface area contributed by atoms with Gasteiger partial charge in [-0.3, -0.25) is 14.6 Å². The number of nitrogens with zero attached hydrogens (tertiary/aromatic N) is 2. The van der Waals surface area contributed by atoms with Gasteiger partial charge in [-0.2, -0.15) is 5.10 Å². The Hall–Kier alpha value is -3.42. The molecule has 2 aromatic heterocycles. The lowest BCUT2D eigenvalue weighted by atomic mass is 10.0. The molecule has 3 heterocycles. The fraction of sp³-hybridized carbons (Fsp3) is 0. The molecule has 2 amide bonds. The molecule has 1 aliphatic heterocycles. The highest BCUT2D eigenvalue weighted by atomic mass is 16.2. The van der Waals surface area contributed by atoms with Crippen LogP contribution in [0.2, 0.25) is 0 Å². The van der Waals surface area contributed by atoms with E-state index in [4.69, 9.17) is 0 Å². The summed E-state index contributed by atoms with van der Waals surface area (Å²) in [5.74, 6) is -0.530. The van der Waals surface area contributed by atoms with Crippen LogP contribution in [-0.2, 0) is 0 Å². The third-order valence-corrected chi connectivity index (χ3v) is 3.78. The normalized spacial score (nSPS) is 12.8. The molecular formula is C16H12BN5O2. The first-order valence-corrected chi connectivity index (χ1v) is 7.35. The van der Waals surface area contributed by atoms with E-state index in [2.05, 4.69) is 25.8 Å². The van der Waals surface area contributed by atoms with Crippen molar-refractivity contribution in [2.45, 2.75) is 0 Å². The molecule has 3 aromatic rings. The van der Waals surface area contributed by atoms with Crippen LogP contribution in [0.25, 0.3) is 22.3 Å². The summed E-state index contributed by atoms with van der Waals surface area (Å²) in [6, 6.07) is 9.05. The maximum absolute atomic E-state index is 12.3. The monoisotopic (exact) mass is 317 g/mol. The highest BCUT2D eigenvalue weighted by molar-refractivity contribution is 6.60. The average molecular weight is 317 g/mol. The van der Waals surface area contributed by atoms with Gasteiger partial charge < -0.3 is 10.3 Å². The Bertz CT molecular complexity index is 1010. The first-order chi connectivity index (χ1) is 11.6. The molecule has 0 unspecified atom stereocenters. The molecule has 7 nitrogen and oxygen atoms in total. The largest absolute Gasteiger partial charge is 0.353 e. The van der Waals surface area contributed by atoms with Gasteiger partial charge in [0.25, 0.3) is 5.91 Å². The number of benzene rings is 1. The molecule has 0 atom stereocenters. The van der Waals surface area contributed by atoms with Crippen LogP contribution in [0.15, 0.2) is 41.6 Å². The Balaban J connectivity index is 2.03. The zero-order valence-electron chi connectivity index (χ0n) is 12.8. The molecule has 4 rings (SSSR count). The quantitative estimate of drug-likeness (QED) is 0.624. The molecule has 0 fully saturated rings. The molecule has 0 aliphatic carbocycles. The van der Waals surface area contributed by atoms with Crippen molar-refractivity contribution in [2.24, 2.45) is 5.10 Å². The fourth-order valence-electron chi connectivity index (χ4n) is 2.87. The van der Waals surface area contributed by atoms with Crippen molar-refractivity contribution in [1.82, 2.24) is 15.4 Å². The molecular weight excluding hydrogens is 305 g/mol. The number of anilines is 1. The third-order valence-electron chi connectivity index (χ3n) is 3.78. The lowest BCUT2D eigenvalue weighted by molar-refractivity contribution is 0.0957. The summed E-state index contributed by atoms with van der Waals surface area (Å²) in [6.45, 7) is 0. The summed E-state index contributed by atoms with van der Waals surface area (Å²) >= 11 is 0. The van der Waals surface area contributed by atoms with Crippen LogP contribution < -0.4 is 10.7 Å². The van der Waals surface area contributed by atoms with E-state index in [1.165, 1.54) is 7.85 Å². The highest BCUT2D eigenvalue weighted by Crippen LogP contribution is 2.33. The topological polar surface area (TPSA) is 99.2 Å². The van der Waals surface area contributed by atoms with Gasteiger partial charge in [0.15, 0.2) is 5.81 Å². The lowest BCUT2D eigenvalue weighted by Gasteiger charge is -2.06. The molecule has 0 bridgehead atoms. The summed E-state index contributed by atoms with van der Waals surface area (Å²) in [6.07, 6.45) is 3.31. The molecule has 8 heteroatoms. The minimum Gasteiger partial charge on any atom is -0.353 e. The Morgan fingerprint density at radius 1 is 1.25 bits per heavy atom. The number of carbonyl (C=O) groups excluding carboxylic acids is 2. The third kappa shape index (κ3) is 2.25. The van der Waals surface area contributed by atoms with Gasteiger partial charge in [0, 0.05) is 28.4 Å². The highest BCUT2D eigenvalue weighted by Gasteiger charge is 2.22. The van der Waals surface area contributed by atoms with Crippen molar-refractivity contribution in [3.63, 3.8) is 0 Å². The zero-order valence-corrected chi connectivity index (χ0v) is 12.8.